The molecule has 1 N–H and O–H groups in total. The quantitative estimate of drug-likeness (QED) is 0.910. The third kappa shape index (κ3) is 3.09. The summed E-state index contributed by atoms with van der Waals surface area (Å²) >= 11 is 0. The van der Waals surface area contributed by atoms with Crippen LogP contribution in [-0.2, 0) is 17.7 Å². The molecule has 3 aliphatic rings. The molecule has 1 aliphatic carbocycles. The summed E-state index contributed by atoms with van der Waals surface area (Å²) in [6.07, 6.45) is 3.97. The van der Waals surface area contributed by atoms with E-state index in [9.17, 15) is 5.11 Å². The fourth-order valence-corrected chi connectivity index (χ4v) is 4.96. The summed E-state index contributed by atoms with van der Waals surface area (Å²) in [5.74, 6) is 1.04. The molecule has 25 heavy (non-hydrogen) atoms. The number of rotatable bonds is 4. The zero-order chi connectivity index (χ0) is 17.7. The van der Waals surface area contributed by atoms with Crippen LogP contribution in [0.2, 0.25) is 0 Å². The van der Waals surface area contributed by atoms with Gasteiger partial charge in [-0.3, -0.25) is 4.90 Å². The molecule has 0 radical (unpaired) electrons. The molecule has 1 saturated heterocycles. The van der Waals surface area contributed by atoms with E-state index < -0.39 is 0 Å². The Labute approximate surface area is 151 Å². The highest BCUT2D eigenvalue weighted by molar-refractivity contribution is 5.41. The smallest absolute Gasteiger partial charge is 0.123 e. The monoisotopic (exact) mass is 345 g/mol. The summed E-state index contributed by atoms with van der Waals surface area (Å²) in [5.41, 5.74) is 2.64. The minimum atomic E-state index is -0.175. The van der Waals surface area contributed by atoms with Gasteiger partial charge in [0.15, 0.2) is 0 Å². The van der Waals surface area contributed by atoms with Crippen LogP contribution in [0.25, 0.3) is 0 Å². The van der Waals surface area contributed by atoms with Crippen LogP contribution in [0.3, 0.4) is 0 Å². The number of nitrogens with zero attached hydrogens (tertiary/aromatic N) is 1. The van der Waals surface area contributed by atoms with E-state index in [1.54, 1.807) is 0 Å². The van der Waals surface area contributed by atoms with Gasteiger partial charge in [-0.15, -0.1) is 0 Å². The van der Waals surface area contributed by atoms with Gasteiger partial charge in [0.05, 0.1) is 12.2 Å². The first kappa shape index (κ1) is 17.3. The standard InChI is InChI=1S/C21H31NO3/c1-4-24-19-12-18(23)21(19)7-9-22(10-8-21)14-15-5-6-17-16(11-15)13-20(2,3)25-17/h5-6,11,18-19,23H,4,7-10,12-14H2,1-3H3. The van der Waals surface area contributed by atoms with E-state index in [-0.39, 0.29) is 23.2 Å². The predicted molar refractivity (Wildman–Crippen MR) is 97.8 cm³/mol. The summed E-state index contributed by atoms with van der Waals surface area (Å²) in [7, 11) is 0. The van der Waals surface area contributed by atoms with Crippen LogP contribution in [0.1, 0.15) is 51.2 Å². The minimum absolute atomic E-state index is 0.0162. The number of aliphatic hydroxyl groups is 1. The van der Waals surface area contributed by atoms with Crippen molar-refractivity contribution in [3.63, 3.8) is 0 Å². The van der Waals surface area contributed by atoms with Gasteiger partial charge in [-0.05, 0) is 63.9 Å². The van der Waals surface area contributed by atoms with Crippen LogP contribution in [0.4, 0.5) is 0 Å². The Morgan fingerprint density at radius 1 is 1.28 bits per heavy atom. The molecule has 2 fully saturated rings. The number of ether oxygens (including phenoxy) is 2. The van der Waals surface area contributed by atoms with Gasteiger partial charge in [-0.1, -0.05) is 12.1 Å². The molecule has 2 aliphatic heterocycles. The van der Waals surface area contributed by atoms with Gasteiger partial charge in [-0.25, -0.2) is 0 Å². The van der Waals surface area contributed by atoms with Crippen molar-refractivity contribution in [3.05, 3.63) is 29.3 Å². The lowest BCUT2D eigenvalue weighted by Gasteiger charge is -2.56. The van der Waals surface area contributed by atoms with E-state index in [0.717, 1.165) is 57.7 Å². The number of hydrogen-bond acceptors (Lipinski definition) is 4. The molecule has 2 heterocycles. The molecule has 1 aromatic carbocycles. The van der Waals surface area contributed by atoms with Crippen LogP contribution in [-0.4, -0.2) is 47.5 Å². The Morgan fingerprint density at radius 2 is 2.04 bits per heavy atom. The van der Waals surface area contributed by atoms with Gasteiger partial charge in [0, 0.05) is 31.4 Å². The van der Waals surface area contributed by atoms with Crippen molar-refractivity contribution in [3.8, 4) is 5.75 Å². The number of fused-ring (bicyclic) bond motifs is 1. The maximum Gasteiger partial charge on any atom is 0.123 e. The second-order valence-electron chi connectivity index (χ2n) is 8.69. The molecule has 0 amide bonds. The van der Waals surface area contributed by atoms with Crippen molar-refractivity contribution >= 4 is 0 Å². The molecule has 0 aromatic heterocycles. The molecule has 4 rings (SSSR count). The van der Waals surface area contributed by atoms with Crippen LogP contribution in [0.15, 0.2) is 18.2 Å². The molecule has 4 nitrogen and oxygen atoms in total. The molecule has 0 bridgehead atoms. The lowest BCUT2D eigenvalue weighted by molar-refractivity contribution is -0.209. The summed E-state index contributed by atoms with van der Waals surface area (Å²) < 4.78 is 11.9. The number of hydrogen-bond donors (Lipinski definition) is 1. The van der Waals surface area contributed by atoms with E-state index >= 15 is 0 Å². The van der Waals surface area contributed by atoms with Gasteiger partial charge in [0.2, 0.25) is 0 Å². The molecular weight excluding hydrogens is 314 g/mol. The summed E-state index contributed by atoms with van der Waals surface area (Å²) in [6.45, 7) is 10.2. The van der Waals surface area contributed by atoms with Crippen molar-refractivity contribution in [2.75, 3.05) is 19.7 Å². The Morgan fingerprint density at radius 3 is 2.72 bits per heavy atom. The highest BCUT2D eigenvalue weighted by Gasteiger charge is 2.55. The summed E-state index contributed by atoms with van der Waals surface area (Å²) in [5, 5.41) is 10.3. The van der Waals surface area contributed by atoms with E-state index in [4.69, 9.17) is 9.47 Å². The Balaban J connectivity index is 1.37. The molecule has 4 heteroatoms. The maximum absolute atomic E-state index is 10.3. The first-order valence-corrected chi connectivity index (χ1v) is 9.75. The van der Waals surface area contributed by atoms with Gasteiger partial charge < -0.3 is 14.6 Å². The highest BCUT2D eigenvalue weighted by atomic mass is 16.5. The highest BCUT2D eigenvalue weighted by Crippen LogP contribution is 2.51. The fraction of sp³-hybridized carbons (Fsp3) is 0.714. The average Bonchev–Trinajstić information content (AvgIpc) is 2.88. The van der Waals surface area contributed by atoms with Crippen molar-refractivity contribution in [2.24, 2.45) is 5.41 Å². The topological polar surface area (TPSA) is 41.9 Å². The number of aliphatic hydroxyl groups excluding tert-OH is 1. The minimum Gasteiger partial charge on any atom is -0.487 e. The molecular formula is C21H31NO3. The summed E-state index contributed by atoms with van der Waals surface area (Å²) in [6, 6.07) is 6.65. The van der Waals surface area contributed by atoms with Crippen LogP contribution < -0.4 is 4.74 Å². The van der Waals surface area contributed by atoms with Gasteiger partial charge in [0.1, 0.15) is 11.4 Å². The first-order valence-electron chi connectivity index (χ1n) is 9.75. The predicted octanol–water partition coefficient (Wildman–Crippen LogP) is 3.15. The third-order valence-corrected chi connectivity index (χ3v) is 6.43. The molecule has 1 saturated carbocycles. The van der Waals surface area contributed by atoms with E-state index in [2.05, 4.69) is 36.9 Å². The van der Waals surface area contributed by atoms with Gasteiger partial charge >= 0.3 is 0 Å². The van der Waals surface area contributed by atoms with Crippen LogP contribution in [0.5, 0.6) is 5.75 Å². The van der Waals surface area contributed by atoms with Crippen molar-refractivity contribution in [2.45, 2.75) is 70.8 Å². The largest absolute Gasteiger partial charge is 0.487 e. The third-order valence-electron chi connectivity index (χ3n) is 6.43. The van der Waals surface area contributed by atoms with E-state index in [1.165, 1.54) is 11.1 Å². The second kappa shape index (κ2) is 6.26. The van der Waals surface area contributed by atoms with E-state index in [1.807, 2.05) is 6.92 Å². The molecule has 2 unspecified atom stereocenters. The zero-order valence-corrected chi connectivity index (χ0v) is 15.8. The first-order chi connectivity index (χ1) is 11.9. The average molecular weight is 345 g/mol. The fourth-order valence-electron chi connectivity index (χ4n) is 4.96. The lowest BCUT2D eigenvalue weighted by Crippen LogP contribution is -2.62. The molecule has 138 valence electrons. The summed E-state index contributed by atoms with van der Waals surface area (Å²) in [4.78, 5) is 2.52. The van der Waals surface area contributed by atoms with E-state index in [0.29, 0.717) is 0 Å². The van der Waals surface area contributed by atoms with Crippen molar-refractivity contribution < 1.29 is 14.6 Å². The number of benzene rings is 1. The van der Waals surface area contributed by atoms with Crippen molar-refractivity contribution in [1.82, 2.24) is 4.90 Å². The molecule has 2 atom stereocenters. The van der Waals surface area contributed by atoms with Gasteiger partial charge in [0.25, 0.3) is 0 Å². The van der Waals surface area contributed by atoms with Crippen LogP contribution in [0, 0.1) is 5.41 Å². The SMILES string of the molecule is CCOC1CC(O)C12CCN(Cc1ccc3c(c1)CC(C)(C)O3)CC2. The van der Waals surface area contributed by atoms with Crippen molar-refractivity contribution in [1.29, 1.82) is 0 Å². The lowest BCUT2D eigenvalue weighted by atomic mass is 9.58. The molecule has 1 spiro atoms. The molecule has 1 aromatic rings. The Hall–Kier alpha value is -1.10. The second-order valence-corrected chi connectivity index (χ2v) is 8.69. The van der Waals surface area contributed by atoms with Gasteiger partial charge in [-0.2, -0.15) is 0 Å². The number of piperidine rings is 1. The normalized spacial score (nSPS) is 29.9. The zero-order valence-electron chi connectivity index (χ0n) is 15.8. The Kier molecular flexibility index (Phi) is 4.33. The van der Waals surface area contributed by atoms with Crippen LogP contribution >= 0.6 is 0 Å². The Bertz CT molecular complexity index is 632. The number of likely N-dealkylation sites (tertiary alicyclic amines) is 1. The maximum atomic E-state index is 10.3.